The Hall–Kier alpha value is -2.24. The van der Waals surface area contributed by atoms with Crippen LogP contribution in [0, 0.1) is 10.1 Å². The minimum absolute atomic E-state index is 0.0401. The molecule has 1 aromatic carbocycles. The van der Waals surface area contributed by atoms with Crippen molar-refractivity contribution in [1.29, 1.82) is 0 Å². The number of non-ortho nitro benzene ring substituents is 1. The van der Waals surface area contributed by atoms with Gasteiger partial charge in [-0.05, 0) is 12.1 Å². The predicted molar refractivity (Wildman–Crippen MR) is 65.1 cm³/mol. The molecule has 94 valence electrons. The molecule has 0 fully saturated rings. The van der Waals surface area contributed by atoms with E-state index in [2.05, 4.69) is 10.1 Å². The maximum Gasteiger partial charge on any atom is 0.269 e. The molecule has 2 rings (SSSR count). The summed E-state index contributed by atoms with van der Waals surface area (Å²) in [5.41, 5.74) is 0.518. The van der Waals surface area contributed by atoms with E-state index in [1.807, 2.05) is 20.8 Å². The third-order valence-corrected chi connectivity index (χ3v) is 2.40. The number of hydrogen-bond acceptors (Lipinski definition) is 5. The van der Waals surface area contributed by atoms with Crippen LogP contribution in [0.5, 0.6) is 0 Å². The van der Waals surface area contributed by atoms with Gasteiger partial charge in [0.25, 0.3) is 5.69 Å². The lowest BCUT2D eigenvalue weighted by atomic mass is 9.97. The lowest BCUT2D eigenvalue weighted by Crippen LogP contribution is -2.11. The van der Waals surface area contributed by atoms with Gasteiger partial charge in [-0.2, -0.15) is 4.98 Å². The predicted octanol–water partition coefficient (Wildman–Crippen LogP) is 2.94. The molecule has 0 radical (unpaired) electrons. The van der Waals surface area contributed by atoms with Crippen molar-refractivity contribution in [2.45, 2.75) is 26.2 Å². The molecule has 0 unspecified atom stereocenters. The first kappa shape index (κ1) is 12.2. The van der Waals surface area contributed by atoms with E-state index in [1.165, 1.54) is 12.1 Å². The molecule has 6 heteroatoms. The number of benzene rings is 1. The van der Waals surface area contributed by atoms with Crippen LogP contribution in [0.25, 0.3) is 11.4 Å². The molecule has 0 atom stereocenters. The van der Waals surface area contributed by atoms with Gasteiger partial charge in [0.1, 0.15) is 0 Å². The van der Waals surface area contributed by atoms with Crippen molar-refractivity contribution in [3.63, 3.8) is 0 Å². The van der Waals surface area contributed by atoms with E-state index in [0.717, 1.165) is 0 Å². The number of aromatic nitrogens is 2. The second-order valence-electron chi connectivity index (χ2n) is 4.98. The summed E-state index contributed by atoms with van der Waals surface area (Å²) in [6.45, 7) is 5.92. The summed E-state index contributed by atoms with van der Waals surface area (Å²) < 4.78 is 5.17. The van der Waals surface area contributed by atoms with Crippen molar-refractivity contribution in [3.8, 4) is 11.4 Å². The second kappa shape index (κ2) is 4.21. The molecule has 0 N–H and O–H groups in total. The molecule has 6 nitrogen and oxygen atoms in total. The van der Waals surface area contributed by atoms with Gasteiger partial charge in [-0.25, -0.2) is 0 Å². The molecule has 0 aliphatic heterocycles. The van der Waals surface area contributed by atoms with Crippen molar-refractivity contribution < 1.29 is 9.45 Å². The zero-order chi connectivity index (χ0) is 13.3. The van der Waals surface area contributed by atoms with E-state index in [4.69, 9.17) is 4.52 Å². The van der Waals surface area contributed by atoms with Crippen LogP contribution >= 0.6 is 0 Å². The van der Waals surface area contributed by atoms with Crippen LogP contribution in [0.1, 0.15) is 26.7 Å². The van der Waals surface area contributed by atoms with Crippen molar-refractivity contribution in [2.24, 2.45) is 0 Å². The van der Waals surface area contributed by atoms with Gasteiger partial charge in [0.2, 0.25) is 11.7 Å². The average Bonchev–Trinajstić information content (AvgIpc) is 2.78. The van der Waals surface area contributed by atoms with Crippen LogP contribution < -0.4 is 0 Å². The fourth-order valence-electron chi connectivity index (χ4n) is 1.38. The van der Waals surface area contributed by atoms with Crippen molar-refractivity contribution in [3.05, 3.63) is 40.3 Å². The molecule has 1 heterocycles. The van der Waals surface area contributed by atoms with Gasteiger partial charge in [-0.3, -0.25) is 10.1 Å². The molecule has 0 spiro atoms. The maximum atomic E-state index is 10.5. The summed E-state index contributed by atoms with van der Waals surface area (Å²) in [5.74, 6) is 0.977. The van der Waals surface area contributed by atoms with E-state index < -0.39 is 4.92 Å². The van der Waals surface area contributed by atoms with E-state index in [9.17, 15) is 10.1 Å². The number of hydrogen-bond donors (Lipinski definition) is 0. The van der Waals surface area contributed by atoms with E-state index >= 15 is 0 Å². The van der Waals surface area contributed by atoms with Crippen LogP contribution in [0.2, 0.25) is 0 Å². The standard InChI is InChI=1S/C12H13N3O3/c1-12(2,3)11-13-10(14-18-11)8-4-6-9(7-5-8)15(16)17/h4-7H,1-3H3. The molecule has 0 bridgehead atoms. The molecule has 0 amide bonds. The molecular formula is C12H13N3O3. The first-order chi connectivity index (χ1) is 8.38. The zero-order valence-corrected chi connectivity index (χ0v) is 10.4. The Balaban J connectivity index is 2.32. The van der Waals surface area contributed by atoms with Crippen molar-refractivity contribution in [1.82, 2.24) is 10.1 Å². The van der Waals surface area contributed by atoms with E-state index in [-0.39, 0.29) is 11.1 Å². The Morgan fingerprint density at radius 2 is 1.83 bits per heavy atom. The summed E-state index contributed by atoms with van der Waals surface area (Å²) in [6, 6.07) is 6.05. The summed E-state index contributed by atoms with van der Waals surface area (Å²) in [6.07, 6.45) is 0. The molecule has 0 saturated heterocycles. The van der Waals surface area contributed by atoms with Crippen LogP contribution in [0.4, 0.5) is 5.69 Å². The quantitative estimate of drug-likeness (QED) is 0.601. The SMILES string of the molecule is CC(C)(C)c1nc(-c2ccc([N+](=O)[O-])cc2)no1. The first-order valence-electron chi connectivity index (χ1n) is 5.47. The third-order valence-electron chi connectivity index (χ3n) is 2.40. The Morgan fingerprint density at radius 1 is 1.22 bits per heavy atom. The summed E-state index contributed by atoms with van der Waals surface area (Å²) >= 11 is 0. The van der Waals surface area contributed by atoms with Gasteiger partial charge in [0, 0.05) is 23.1 Å². The van der Waals surface area contributed by atoms with Crippen molar-refractivity contribution in [2.75, 3.05) is 0 Å². The summed E-state index contributed by atoms with van der Waals surface area (Å²) in [5, 5.41) is 14.4. The summed E-state index contributed by atoms with van der Waals surface area (Å²) in [7, 11) is 0. The monoisotopic (exact) mass is 247 g/mol. The first-order valence-corrected chi connectivity index (χ1v) is 5.47. The van der Waals surface area contributed by atoms with Crippen LogP contribution in [-0.4, -0.2) is 15.1 Å². The highest BCUT2D eigenvalue weighted by Crippen LogP contribution is 2.24. The Bertz CT molecular complexity index is 567. The van der Waals surface area contributed by atoms with Gasteiger partial charge in [0.05, 0.1) is 4.92 Å². The molecule has 0 saturated carbocycles. The lowest BCUT2D eigenvalue weighted by Gasteiger charge is -2.10. The number of rotatable bonds is 2. The summed E-state index contributed by atoms with van der Waals surface area (Å²) in [4.78, 5) is 14.4. The van der Waals surface area contributed by atoms with Gasteiger partial charge in [-0.1, -0.05) is 25.9 Å². The Labute approximate surface area is 104 Å². The second-order valence-corrected chi connectivity index (χ2v) is 4.98. The maximum absolute atomic E-state index is 10.5. The molecule has 0 aliphatic rings. The number of nitro groups is 1. The van der Waals surface area contributed by atoms with E-state index in [1.54, 1.807) is 12.1 Å². The van der Waals surface area contributed by atoms with Crippen LogP contribution in [-0.2, 0) is 5.41 Å². The van der Waals surface area contributed by atoms with Crippen LogP contribution in [0.15, 0.2) is 28.8 Å². The highest BCUT2D eigenvalue weighted by molar-refractivity contribution is 5.56. The Kier molecular flexibility index (Phi) is 2.86. The minimum Gasteiger partial charge on any atom is -0.338 e. The van der Waals surface area contributed by atoms with Gasteiger partial charge in [0.15, 0.2) is 0 Å². The average molecular weight is 247 g/mol. The molecule has 2 aromatic rings. The Morgan fingerprint density at radius 3 is 2.28 bits per heavy atom. The number of nitro benzene ring substituents is 1. The fraction of sp³-hybridized carbons (Fsp3) is 0.333. The van der Waals surface area contributed by atoms with Gasteiger partial charge >= 0.3 is 0 Å². The fourth-order valence-corrected chi connectivity index (χ4v) is 1.38. The van der Waals surface area contributed by atoms with E-state index in [0.29, 0.717) is 17.3 Å². The highest BCUT2D eigenvalue weighted by Gasteiger charge is 2.22. The van der Waals surface area contributed by atoms with Crippen molar-refractivity contribution >= 4 is 5.69 Å². The van der Waals surface area contributed by atoms with Crippen LogP contribution in [0.3, 0.4) is 0 Å². The molecular weight excluding hydrogens is 234 g/mol. The third kappa shape index (κ3) is 2.37. The minimum atomic E-state index is -0.444. The largest absolute Gasteiger partial charge is 0.338 e. The van der Waals surface area contributed by atoms with Gasteiger partial charge in [-0.15, -0.1) is 0 Å². The zero-order valence-electron chi connectivity index (χ0n) is 10.4. The highest BCUT2D eigenvalue weighted by atomic mass is 16.6. The number of nitrogens with zero attached hydrogens (tertiary/aromatic N) is 3. The lowest BCUT2D eigenvalue weighted by molar-refractivity contribution is -0.384. The molecule has 0 aliphatic carbocycles. The molecule has 18 heavy (non-hydrogen) atoms. The van der Waals surface area contributed by atoms with Gasteiger partial charge < -0.3 is 4.52 Å². The topological polar surface area (TPSA) is 82.1 Å². The molecule has 1 aromatic heterocycles. The smallest absolute Gasteiger partial charge is 0.269 e. The normalized spacial score (nSPS) is 11.5.